The standard InChI is InChI=1S/C20H22N2O4S/c1-22(9-8-14-6-7-16(24-2)18(11-14)25-3)19(23)12-15-13-27-20(21-15)17-5-4-10-26-17/h4-7,10-11,13H,8-9,12H2,1-3H3. The first kappa shape index (κ1) is 19.0. The molecular weight excluding hydrogens is 364 g/mol. The van der Waals surface area contributed by atoms with Crippen molar-refractivity contribution < 1.29 is 18.7 Å². The maximum Gasteiger partial charge on any atom is 0.228 e. The Morgan fingerprint density at radius 3 is 2.74 bits per heavy atom. The van der Waals surface area contributed by atoms with E-state index in [-0.39, 0.29) is 12.3 Å². The number of amides is 1. The predicted molar refractivity (Wildman–Crippen MR) is 104 cm³/mol. The number of furan rings is 1. The van der Waals surface area contributed by atoms with Crippen LogP contribution in [0.5, 0.6) is 11.5 Å². The maximum absolute atomic E-state index is 12.5. The van der Waals surface area contributed by atoms with Crippen molar-refractivity contribution in [1.82, 2.24) is 9.88 Å². The molecule has 0 aliphatic rings. The minimum Gasteiger partial charge on any atom is -0.493 e. The summed E-state index contributed by atoms with van der Waals surface area (Å²) < 4.78 is 15.9. The number of aromatic nitrogens is 1. The van der Waals surface area contributed by atoms with Crippen LogP contribution in [0.4, 0.5) is 0 Å². The van der Waals surface area contributed by atoms with E-state index in [4.69, 9.17) is 13.9 Å². The minimum absolute atomic E-state index is 0.0340. The molecule has 1 amide bonds. The van der Waals surface area contributed by atoms with E-state index in [9.17, 15) is 4.79 Å². The van der Waals surface area contributed by atoms with E-state index < -0.39 is 0 Å². The Labute approximate surface area is 162 Å². The highest BCUT2D eigenvalue weighted by molar-refractivity contribution is 7.13. The Morgan fingerprint density at radius 1 is 1.22 bits per heavy atom. The minimum atomic E-state index is 0.0340. The van der Waals surface area contributed by atoms with E-state index >= 15 is 0 Å². The van der Waals surface area contributed by atoms with Gasteiger partial charge in [0.15, 0.2) is 22.3 Å². The third-order valence-electron chi connectivity index (χ3n) is 4.23. The van der Waals surface area contributed by atoms with Gasteiger partial charge in [0.25, 0.3) is 0 Å². The van der Waals surface area contributed by atoms with Crippen molar-refractivity contribution in [3.8, 4) is 22.3 Å². The fraction of sp³-hybridized carbons (Fsp3) is 0.300. The van der Waals surface area contributed by atoms with Gasteiger partial charge in [-0.2, -0.15) is 0 Å². The number of nitrogens with zero attached hydrogens (tertiary/aromatic N) is 2. The molecule has 0 aliphatic heterocycles. The third-order valence-corrected chi connectivity index (χ3v) is 5.13. The summed E-state index contributed by atoms with van der Waals surface area (Å²) in [6.45, 7) is 0.615. The molecule has 2 aromatic heterocycles. The van der Waals surface area contributed by atoms with Gasteiger partial charge in [-0.05, 0) is 36.2 Å². The van der Waals surface area contributed by atoms with Crippen molar-refractivity contribution in [2.24, 2.45) is 0 Å². The van der Waals surface area contributed by atoms with Gasteiger partial charge >= 0.3 is 0 Å². The van der Waals surface area contributed by atoms with Crippen molar-refractivity contribution in [3.05, 3.63) is 53.2 Å². The third kappa shape index (κ3) is 4.68. The highest BCUT2D eigenvalue weighted by Gasteiger charge is 2.14. The number of methoxy groups -OCH3 is 2. The maximum atomic E-state index is 12.5. The lowest BCUT2D eigenvalue weighted by Crippen LogP contribution is -2.30. The van der Waals surface area contributed by atoms with Crippen LogP contribution in [0.1, 0.15) is 11.3 Å². The SMILES string of the molecule is COc1ccc(CCN(C)C(=O)Cc2csc(-c3ccco3)n2)cc1OC. The monoisotopic (exact) mass is 386 g/mol. The molecule has 0 saturated carbocycles. The number of benzene rings is 1. The number of likely N-dealkylation sites (N-methyl/N-ethyl adjacent to an activating group) is 1. The van der Waals surface area contributed by atoms with Crippen LogP contribution >= 0.6 is 11.3 Å². The van der Waals surface area contributed by atoms with Crippen LogP contribution in [-0.4, -0.2) is 43.6 Å². The van der Waals surface area contributed by atoms with Crippen LogP contribution in [0.2, 0.25) is 0 Å². The largest absolute Gasteiger partial charge is 0.493 e. The molecule has 1 aromatic carbocycles. The number of hydrogen-bond donors (Lipinski definition) is 0. The smallest absolute Gasteiger partial charge is 0.228 e. The molecule has 142 valence electrons. The fourth-order valence-corrected chi connectivity index (χ4v) is 3.44. The van der Waals surface area contributed by atoms with E-state index in [0.717, 1.165) is 28.4 Å². The first-order valence-electron chi connectivity index (χ1n) is 8.54. The molecule has 0 saturated heterocycles. The lowest BCUT2D eigenvalue weighted by atomic mass is 10.1. The van der Waals surface area contributed by atoms with Gasteiger partial charge in [0.1, 0.15) is 0 Å². The Balaban J connectivity index is 1.55. The van der Waals surface area contributed by atoms with E-state index in [2.05, 4.69) is 4.98 Å². The fourth-order valence-electron chi connectivity index (χ4n) is 2.65. The van der Waals surface area contributed by atoms with Crippen LogP contribution in [0.25, 0.3) is 10.8 Å². The van der Waals surface area contributed by atoms with Crippen molar-refractivity contribution >= 4 is 17.2 Å². The van der Waals surface area contributed by atoms with Gasteiger partial charge in [0.05, 0.1) is 32.6 Å². The van der Waals surface area contributed by atoms with Crippen molar-refractivity contribution in [1.29, 1.82) is 0 Å². The lowest BCUT2D eigenvalue weighted by molar-refractivity contribution is -0.129. The number of ether oxygens (including phenoxy) is 2. The molecule has 6 nitrogen and oxygen atoms in total. The second-order valence-electron chi connectivity index (χ2n) is 6.05. The molecule has 2 heterocycles. The molecule has 0 N–H and O–H groups in total. The summed E-state index contributed by atoms with van der Waals surface area (Å²) in [6, 6.07) is 9.48. The molecule has 0 atom stereocenters. The second-order valence-corrected chi connectivity index (χ2v) is 6.91. The summed E-state index contributed by atoms with van der Waals surface area (Å²) in [4.78, 5) is 18.7. The van der Waals surface area contributed by atoms with Crippen LogP contribution in [0.3, 0.4) is 0 Å². The molecular formula is C20H22N2O4S. The lowest BCUT2D eigenvalue weighted by Gasteiger charge is -2.17. The molecule has 0 aliphatic carbocycles. The van der Waals surface area contributed by atoms with Gasteiger partial charge in [-0.3, -0.25) is 4.79 Å². The van der Waals surface area contributed by atoms with Crippen LogP contribution < -0.4 is 9.47 Å². The average Bonchev–Trinajstić information content (AvgIpc) is 3.37. The molecule has 27 heavy (non-hydrogen) atoms. The summed E-state index contributed by atoms with van der Waals surface area (Å²) in [5.41, 5.74) is 1.84. The van der Waals surface area contributed by atoms with E-state index in [1.165, 1.54) is 11.3 Å². The highest BCUT2D eigenvalue weighted by Crippen LogP contribution is 2.28. The molecule has 0 spiro atoms. The van der Waals surface area contributed by atoms with Gasteiger partial charge in [0.2, 0.25) is 5.91 Å². The summed E-state index contributed by atoms with van der Waals surface area (Å²) in [5, 5.41) is 2.69. The van der Waals surface area contributed by atoms with Crippen molar-refractivity contribution in [3.63, 3.8) is 0 Å². The average molecular weight is 386 g/mol. The Hall–Kier alpha value is -2.80. The number of hydrogen-bond acceptors (Lipinski definition) is 6. The number of carbonyl (C=O) groups is 1. The van der Waals surface area contributed by atoms with E-state index in [0.29, 0.717) is 18.0 Å². The Bertz CT molecular complexity index is 889. The quantitative estimate of drug-likeness (QED) is 0.591. The summed E-state index contributed by atoms with van der Waals surface area (Å²) in [6.07, 6.45) is 2.63. The van der Waals surface area contributed by atoms with E-state index in [1.807, 2.05) is 42.8 Å². The zero-order valence-electron chi connectivity index (χ0n) is 15.6. The molecule has 0 bridgehead atoms. The van der Waals surface area contributed by atoms with E-state index in [1.54, 1.807) is 25.4 Å². The molecule has 0 radical (unpaired) electrons. The summed E-state index contributed by atoms with van der Waals surface area (Å²) in [7, 11) is 5.03. The normalized spacial score (nSPS) is 10.6. The highest BCUT2D eigenvalue weighted by atomic mass is 32.1. The number of thiazole rings is 1. The van der Waals surface area contributed by atoms with Crippen molar-refractivity contribution in [2.75, 3.05) is 27.8 Å². The number of rotatable bonds is 8. The predicted octanol–water partition coefficient (Wildman–Crippen LogP) is 3.66. The zero-order valence-corrected chi connectivity index (χ0v) is 16.4. The summed E-state index contributed by atoms with van der Waals surface area (Å²) in [5.74, 6) is 2.14. The molecule has 0 fully saturated rings. The van der Waals surface area contributed by atoms with Crippen LogP contribution in [-0.2, 0) is 17.6 Å². The zero-order chi connectivity index (χ0) is 19.2. The Kier molecular flexibility index (Phi) is 6.13. The first-order chi connectivity index (χ1) is 13.1. The second kappa shape index (κ2) is 8.73. The first-order valence-corrected chi connectivity index (χ1v) is 9.42. The number of carbonyl (C=O) groups excluding carboxylic acids is 1. The molecule has 3 aromatic rings. The van der Waals surface area contributed by atoms with Gasteiger partial charge in [0, 0.05) is 19.0 Å². The van der Waals surface area contributed by atoms with Crippen molar-refractivity contribution in [2.45, 2.75) is 12.8 Å². The van der Waals surface area contributed by atoms with Crippen LogP contribution in [0, 0.1) is 0 Å². The van der Waals surface area contributed by atoms with Gasteiger partial charge < -0.3 is 18.8 Å². The Morgan fingerprint density at radius 2 is 2.04 bits per heavy atom. The molecule has 7 heteroatoms. The topological polar surface area (TPSA) is 64.8 Å². The molecule has 3 rings (SSSR count). The summed E-state index contributed by atoms with van der Waals surface area (Å²) >= 11 is 1.48. The van der Waals surface area contributed by atoms with Gasteiger partial charge in [-0.25, -0.2) is 4.98 Å². The van der Waals surface area contributed by atoms with Gasteiger partial charge in [-0.15, -0.1) is 11.3 Å². The van der Waals surface area contributed by atoms with Crippen LogP contribution in [0.15, 0.2) is 46.4 Å². The molecule has 0 unspecified atom stereocenters. The van der Waals surface area contributed by atoms with Gasteiger partial charge in [-0.1, -0.05) is 6.07 Å².